The van der Waals surface area contributed by atoms with Crippen molar-refractivity contribution in [3.63, 3.8) is 0 Å². The lowest BCUT2D eigenvalue weighted by atomic mass is 9.89. The van der Waals surface area contributed by atoms with Gasteiger partial charge in [-0.05, 0) is 5.41 Å². The van der Waals surface area contributed by atoms with Gasteiger partial charge in [0.25, 0.3) is 0 Å². The average molecular weight is 204 g/mol. The average Bonchev–Trinajstić information content (AvgIpc) is 2.01. The number of ether oxygens (including phenoxy) is 1. The second kappa shape index (κ2) is 5.82. The van der Waals surface area contributed by atoms with Crippen LogP contribution in [0.25, 0.3) is 0 Å². The zero-order valence-electron chi connectivity index (χ0n) is 9.04. The Bertz CT molecular complexity index is 177. The van der Waals surface area contributed by atoms with Crippen LogP contribution in [0.4, 0.5) is 4.79 Å². The molecule has 1 unspecified atom stereocenters. The van der Waals surface area contributed by atoms with Gasteiger partial charge in [-0.3, -0.25) is 0 Å². The van der Waals surface area contributed by atoms with Crippen LogP contribution in [0.3, 0.4) is 0 Å². The normalized spacial score (nSPS) is 13.7. The summed E-state index contributed by atoms with van der Waals surface area (Å²) in [5, 5.41) is 10.8. The van der Waals surface area contributed by atoms with Crippen molar-refractivity contribution in [2.24, 2.45) is 11.1 Å². The van der Waals surface area contributed by atoms with Crippen molar-refractivity contribution >= 4 is 6.09 Å². The molecular formula is C9H20N2O3. The maximum Gasteiger partial charge on any atom is 0.404 e. The van der Waals surface area contributed by atoms with Gasteiger partial charge in [0.2, 0.25) is 0 Å². The van der Waals surface area contributed by atoms with E-state index in [1.807, 2.05) is 20.8 Å². The molecule has 5 nitrogen and oxygen atoms in total. The molecule has 0 radical (unpaired) electrons. The molecular weight excluding hydrogens is 184 g/mol. The highest BCUT2D eigenvalue weighted by molar-refractivity contribution is 5.64. The Labute approximate surface area is 84.6 Å². The van der Waals surface area contributed by atoms with Crippen molar-refractivity contribution in [2.75, 3.05) is 19.7 Å². The standard InChI is InChI=1S/C9H20N2O3/c1-9(2,3)7(14-5-4-10)6-11-8(12)13/h7,11H,4-6,10H2,1-3H3,(H,12,13). The smallest absolute Gasteiger partial charge is 0.404 e. The minimum Gasteiger partial charge on any atom is -0.465 e. The van der Waals surface area contributed by atoms with E-state index in [0.717, 1.165) is 0 Å². The summed E-state index contributed by atoms with van der Waals surface area (Å²) in [6.07, 6.45) is -1.18. The Balaban J connectivity index is 4.04. The van der Waals surface area contributed by atoms with Gasteiger partial charge in [0.05, 0.1) is 12.7 Å². The van der Waals surface area contributed by atoms with Crippen LogP contribution in [0, 0.1) is 5.41 Å². The van der Waals surface area contributed by atoms with Gasteiger partial charge in [-0.25, -0.2) is 4.79 Å². The van der Waals surface area contributed by atoms with Crippen molar-refractivity contribution in [1.29, 1.82) is 0 Å². The summed E-state index contributed by atoms with van der Waals surface area (Å²) in [7, 11) is 0. The van der Waals surface area contributed by atoms with Gasteiger partial charge < -0.3 is 20.9 Å². The molecule has 84 valence electrons. The molecule has 0 saturated carbocycles. The highest BCUT2D eigenvalue weighted by Crippen LogP contribution is 2.21. The second-order valence-corrected chi connectivity index (χ2v) is 4.20. The predicted octanol–water partition coefficient (Wildman–Crippen LogP) is 0.644. The maximum absolute atomic E-state index is 10.3. The lowest BCUT2D eigenvalue weighted by Crippen LogP contribution is -2.41. The number of hydrogen-bond acceptors (Lipinski definition) is 3. The Morgan fingerprint density at radius 1 is 1.57 bits per heavy atom. The zero-order valence-corrected chi connectivity index (χ0v) is 9.04. The first-order valence-corrected chi connectivity index (χ1v) is 4.66. The highest BCUT2D eigenvalue weighted by atomic mass is 16.5. The van der Waals surface area contributed by atoms with Crippen LogP contribution < -0.4 is 11.1 Å². The monoisotopic (exact) mass is 204 g/mol. The summed E-state index contributed by atoms with van der Waals surface area (Å²) in [5.41, 5.74) is 5.21. The fourth-order valence-electron chi connectivity index (χ4n) is 1.01. The minimum absolute atomic E-state index is 0.0996. The van der Waals surface area contributed by atoms with E-state index < -0.39 is 6.09 Å². The van der Waals surface area contributed by atoms with Gasteiger partial charge in [0, 0.05) is 13.1 Å². The third-order valence-corrected chi connectivity index (χ3v) is 1.84. The van der Waals surface area contributed by atoms with E-state index in [-0.39, 0.29) is 11.5 Å². The van der Waals surface area contributed by atoms with Crippen LogP contribution in [-0.4, -0.2) is 37.0 Å². The number of nitrogens with one attached hydrogen (secondary N) is 1. The summed E-state index contributed by atoms with van der Waals surface area (Å²) in [4.78, 5) is 10.3. The first kappa shape index (κ1) is 13.2. The molecule has 0 spiro atoms. The third-order valence-electron chi connectivity index (χ3n) is 1.84. The van der Waals surface area contributed by atoms with E-state index in [1.165, 1.54) is 0 Å². The summed E-state index contributed by atoms with van der Waals surface area (Å²) in [6.45, 7) is 7.18. The quantitative estimate of drug-likeness (QED) is 0.613. The van der Waals surface area contributed by atoms with E-state index in [9.17, 15) is 4.79 Å². The van der Waals surface area contributed by atoms with Gasteiger partial charge in [-0.2, -0.15) is 0 Å². The van der Waals surface area contributed by atoms with Gasteiger partial charge in [0.1, 0.15) is 0 Å². The number of amides is 1. The van der Waals surface area contributed by atoms with Gasteiger partial charge in [-0.1, -0.05) is 20.8 Å². The summed E-state index contributed by atoms with van der Waals surface area (Å²) >= 11 is 0. The van der Waals surface area contributed by atoms with Crippen molar-refractivity contribution in [2.45, 2.75) is 26.9 Å². The molecule has 0 aromatic rings. The Morgan fingerprint density at radius 3 is 2.50 bits per heavy atom. The summed E-state index contributed by atoms with van der Waals surface area (Å²) in [6, 6.07) is 0. The predicted molar refractivity (Wildman–Crippen MR) is 54.3 cm³/mol. The molecule has 4 N–H and O–H groups in total. The van der Waals surface area contributed by atoms with E-state index in [0.29, 0.717) is 19.7 Å². The molecule has 0 rings (SSSR count). The lowest BCUT2D eigenvalue weighted by molar-refractivity contribution is -0.0118. The number of hydrogen-bond donors (Lipinski definition) is 3. The van der Waals surface area contributed by atoms with Gasteiger partial charge in [-0.15, -0.1) is 0 Å². The van der Waals surface area contributed by atoms with Crippen molar-refractivity contribution in [3.05, 3.63) is 0 Å². The first-order valence-electron chi connectivity index (χ1n) is 4.66. The van der Waals surface area contributed by atoms with Crippen LogP contribution in [-0.2, 0) is 4.74 Å². The fraction of sp³-hybridized carbons (Fsp3) is 0.889. The number of carboxylic acid groups (broad SMARTS) is 1. The largest absolute Gasteiger partial charge is 0.465 e. The molecule has 0 aliphatic carbocycles. The van der Waals surface area contributed by atoms with Crippen molar-refractivity contribution in [1.82, 2.24) is 5.32 Å². The van der Waals surface area contributed by atoms with Gasteiger partial charge >= 0.3 is 6.09 Å². The number of nitrogens with two attached hydrogens (primary N) is 1. The summed E-state index contributed by atoms with van der Waals surface area (Å²) < 4.78 is 5.46. The molecule has 1 atom stereocenters. The topological polar surface area (TPSA) is 84.6 Å². The van der Waals surface area contributed by atoms with Crippen LogP contribution in [0.2, 0.25) is 0 Å². The lowest BCUT2D eigenvalue weighted by Gasteiger charge is -2.30. The van der Waals surface area contributed by atoms with E-state index in [1.54, 1.807) is 0 Å². The molecule has 0 aromatic heterocycles. The first-order chi connectivity index (χ1) is 6.38. The minimum atomic E-state index is -1.03. The van der Waals surface area contributed by atoms with Crippen LogP contribution in [0.15, 0.2) is 0 Å². The Kier molecular flexibility index (Phi) is 5.49. The van der Waals surface area contributed by atoms with E-state index in [2.05, 4.69) is 5.32 Å². The van der Waals surface area contributed by atoms with Crippen molar-refractivity contribution < 1.29 is 14.6 Å². The Morgan fingerprint density at radius 2 is 2.14 bits per heavy atom. The number of carbonyl (C=O) groups is 1. The van der Waals surface area contributed by atoms with Gasteiger partial charge in [0.15, 0.2) is 0 Å². The Hall–Kier alpha value is -0.810. The van der Waals surface area contributed by atoms with E-state index >= 15 is 0 Å². The molecule has 0 aliphatic rings. The van der Waals surface area contributed by atoms with Crippen LogP contribution in [0.1, 0.15) is 20.8 Å². The molecule has 0 heterocycles. The molecule has 1 amide bonds. The molecule has 14 heavy (non-hydrogen) atoms. The van der Waals surface area contributed by atoms with Crippen LogP contribution in [0.5, 0.6) is 0 Å². The SMILES string of the molecule is CC(C)(C)C(CNC(=O)O)OCCN. The maximum atomic E-state index is 10.3. The zero-order chi connectivity index (χ0) is 11.2. The van der Waals surface area contributed by atoms with E-state index in [4.69, 9.17) is 15.6 Å². The second-order valence-electron chi connectivity index (χ2n) is 4.20. The molecule has 0 fully saturated rings. The van der Waals surface area contributed by atoms with Crippen LogP contribution >= 0.6 is 0 Å². The number of rotatable bonds is 5. The van der Waals surface area contributed by atoms with Crippen molar-refractivity contribution in [3.8, 4) is 0 Å². The molecule has 0 aromatic carbocycles. The fourth-order valence-corrected chi connectivity index (χ4v) is 1.01. The molecule has 0 bridgehead atoms. The third kappa shape index (κ3) is 5.77. The molecule has 5 heteroatoms. The summed E-state index contributed by atoms with van der Waals surface area (Å²) in [5.74, 6) is 0. The molecule has 0 saturated heterocycles. The molecule has 0 aliphatic heterocycles. The highest BCUT2D eigenvalue weighted by Gasteiger charge is 2.25.